The fourth-order valence-electron chi connectivity index (χ4n) is 4.48. The number of hydrogen-bond donors (Lipinski definition) is 1. The average Bonchev–Trinajstić information content (AvgIpc) is 3.50. The SMILES string of the molecule is CCCNC(=O)OC1CC[C@]2(CO2)C([C@]2(C)O[C@@H]2CC=C(C)C)C1OC. The van der Waals surface area contributed by atoms with E-state index in [2.05, 4.69) is 32.2 Å². The van der Waals surface area contributed by atoms with Crippen LogP contribution in [0.1, 0.15) is 53.4 Å². The summed E-state index contributed by atoms with van der Waals surface area (Å²) in [5, 5.41) is 2.78. The van der Waals surface area contributed by atoms with E-state index >= 15 is 0 Å². The molecule has 0 aromatic carbocycles. The quantitative estimate of drug-likeness (QED) is 0.553. The van der Waals surface area contributed by atoms with Crippen molar-refractivity contribution in [1.82, 2.24) is 5.32 Å². The molecule has 6 heteroatoms. The van der Waals surface area contributed by atoms with Crippen molar-refractivity contribution in [2.24, 2.45) is 5.92 Å². The standard InChI is InChI=1S/C20H33NO5/c1-6-11-21-18(22)25-14-9-10-20(12-24-20)17(16(14)23-5)19(4)15(26-19)8-7-13(2)3/h7,14-17H,6,8-12H2,1-5H3,(H,21,22)/t14?,15-,16?,17?,19-,20+/m1/s1. The van der Waals surface area contributed by atoms with Gasteiger partial charge in [0.25, 0.3) is 0 Å². The van der Waals surface area contributed by atoms with Crippen LogP contribution in [-0.2, 0) is 18.9 Å². The number of epoxide rings is 2. The molecule has 1 spiro atoms. The van der Waals surface area contributed by atoms with Crippen LogP contribution in [0.25, 0.3) is 0 Å². The highest BCUT2D eigenvalue weighted by atomic mass is 16.6. The lowest BCUT2D eigenvalue weighted by Gasteiger charge is -2.42. The van der Waals surface area contributed by atoms with Gasteiger partial charge >= 0.3 is 6.09 Å². The predicted octanol–water partition coefficient (Wildman–Crippen LogP) is 3.20. The van der Waals surface area contributed by atoms with E-state index in [1.54, 1.807) is 7.11 Å². The van der Waals surface area contributed by atoms with Gasteiger partial charge in [0, 0.05) is 13.7 Å². The zero-order chi connectivity index (χ0) is 18.9. The molecule has 1 aliphatic carbocycles. The normalized spacial score (nSPS) is 40.8. The Morgan fingerprint density at radius 3 is 2.69 bits per heavy atom. The number of rotatable bonds is 7. The zero-order valence-electron chi connectivity index (χ0n) is 16.7. The maximum atomic E-state index is 12.1. The third kappa shape index (κ3) is 3.78. The monoisotopic (exact) mass is 367 g/mol. The lowest BCUT2D eigenvalue weighted by Crippen LogP contribution is -2.56. The van der Waals surface area contributed by atoms with Gasteiger partial charge in [-0.15, -0.1) is 0 Å². The third-order valence-corrected chi connectivity index (χ3v) is 6.01. The van der Waals surface area contributed by atoms with E-state index in [-0.39, 0.29) is 41.5 Å². The second-order valence-corrected chi connectivity index (χ2v) is 8.25. The van der Waals surface area contributed by atoms with Crippen LogP contribution in [0.15, 0.2) is 11.6 Å². The summed E-state index contributed by atoms with van der Waals surface area (Å²) in [5.74, 6) is 0.0632. The molecule has 6 nitrogen and oxygen atoms in total. The minimum atomic E-state index is -0.367. The number of nitrogens with one attached hydrogen (secondary N) is 1. The molecule has 148 valence electrons. The number of allylic oxidation sites excluding steroid dienone is 1. The Bertz CT molecular complexity index is 554. The summed E-state index contributed by atoms with van der Waals surface area (Å²) < 4.78 is 23.6. The molecular formula is C20H33NO5. The molecule has 3 aliphatic rings. The Hall–Kier alpha value is -1.11. The van der Waals surface area contributed by atoms with Gasteiger partial charge in [0.1, 0.15) is 23.4 Å². The summed E-state index contributed by atoms with van der Waals surface area (Å²) >= 11 is 0. The molecule has 3 rings (SSSR count). The maximum Gasteiger partial charge on any atom is 0.407 e. The van der Waals surface area contributed by atoms with Crippen LogP contribution < -0.4 is 5.32 Å². The first kappa shape index (κ1) is 19.6. The van der Waals surface area contributed by atoms with E-state index in [0.717, 1.165) is 32.3 Å². The Balaban J connectivity index is 1.72. The number of amides is 1. The first-order valence-electron chi connectivity index (χ1n) is 9.78. The number of carbonyl (C=O) groups excluding carboxylic acids is 1. The van der Waals surface area contributed by atoms with E-state index in [4.69, 9.17) is 18.9 Å². The largest absolute Gasteiger partial charge is 0.443 e. The highest BCUT2D eigenvalue weighted by Crippen LogP contribution is 2.59. The molecule has 1 N–H and O–H groups in total. The zero-order valence-corrected chi connectivity index (χ0v) is 16.7. The van der Waals surface area contributed by atoms with E-state index in [1.807, 2.05) is 6.92 Å². The van der Waals surface area contributed by atoms with Crippen molar-refractivity contribution in [2.45, 2.75) is 82.9 Å². The molecule has 3 unspecified atom stereocenters. The molecule has 2 aliphatic heterocycles. The lowest BCUT2D eigenvalue weighted by molar-refractivity contribution is -0.118. The molecule has 2 heterocycles. The van der Waals surface area contributed by atoms with Gasteiger partial charge in [0.2, 0.25) is 0 Å². The Kier molecular flexibility index (Phi) is 5.66. The summed E-state index contributed by atoms with van der Waals surface area (Å²) in [6.07, 6.45) is 4.91. The van der Waals surface area contributed by atoms with Crippen molar-refractivity contribution in [3.8, 4) is 0 Å². The van der Waals surface area contributed by atoms with E-state index in [9.17, 15) is 4.79 Å². The van der Waals surface area contributed by atoms with Crippen LogP contribution in [0.4, 0.5) is 4.79 Å². The molecule has 1 amide bonds. The summed E-state index contributed by atoms with van der Waals surface area (Å²) in [6.45, 7) is 9.72. The van der Waals surface area contributed by atoms with Crippen LogP contribution >= 0.6 is 0 Å². The second-order valence-electron chi connectivity index (χ2n) is 8.25. The predicted molar refractivity (Wildman–Crippen MR) is 98.1 cm³/mol. The first-order chi connectivity index (χ1) is 12.4. The van der Waals surface area contributed by atoms with Gasteiger partial charge in [-0.25, -0.2) is 4.79 Å². The van der Waals surface area contributed by atoms with Crippen LogP contribution in [0.2, 0.25) is 0 Å². The molecule has 1 saturated carbocycles. The van der Waals surface area contributed by atoms with Crippen molar-refractivity contribution in [3.63, 3.8) is 0 Å². The molecule has 0 aromatic heterocycles. The molecule has 0 bridgehead atoms. The van der Waals surface area contributed by atoms with E-state index in [1.165, 1.54) is 5.57 Å². The van der Waals surface area contributed by atoms with Crippen LogP contribution in [0, 0.1) is 5.92 Å². The fourth-order valence-corrected chi connectivity index (χ4v) is 4.48. The minimum Gasteiger partial charge on any atom is -0.443 e. The fraction of sp³-hybridized carbons (Fsp3) is 0.850. The maximum absolute atomic E-state index is 12.1. The smallest absolute Gasteiger partial charge is 0.407 e. The Morgan fingerprint density at radius 1 is 1.38 bits per heavy atom. The molecule has 6 atom stereocenters. The summed E-state index contributed by atoms with van der Waals surface area (Å²) in [5.41, 5.74) is 0.806. The van der Waals surface area contributed by atoms with Crippen molar-refractivity contribution < 1.29 is 23.7 Å². The van der Waals surface area contributed by atoms with Crippen LogP contribution in [0.5, 0.6) is 0 Å². The number of methoxy groups -OCH3 is 1. The van der Waals surface area contributed by atoms with Crippen molar-refractivity contribution in [1.29, 1.82) is 0 Å². The summed E-state index contributed by atoms with van der Waals surface area (Å²) in [4.78, 5) is 12.1. The average molecular weight is 367 g/mol. The summed E-state index contributed by atoms with van der Waals surface area (Å²) in [6, 6.07) is 0. The topological polar surface area (TPSA) is 72.6 Å². The van der Waals surface area contributed by atoms with Gasteiger partial charge < -0.3 is 24.3 Å². The number of hydrogen-bond acceptors (Lipinski definition) is 5. The molecule has 3 fully saturated rings. The molecular weight excluding hydrogens is 334 g/mol. The molecule has 2 saturated heterocycles. The van der Waals surface area contributed by atoms with E-state index < -0.39 is 0 Å². The van der Waals surface area contributed by atoms with Gasteiger partial charge in [-0.3, -0.25) is 0 Å². The highest BCUT2D eigenvalue weighted by Gasteiger charge is 2.72. The molecule has 26 heavy (non-hydrogen) atoms. The van der Waals surface area contributed by atoms with Crippen molar-refractivity contribution in [3.05, 3.63) is 11.6 Å². The van der Waals surface area contributed by atoms with Gasteiger partial charge in [-0.1, -0.05) is 18.6 Å². The van der Waals surface area contributed by atoms with Gasteiger partial charge in [0.05, 0.1) is 18.6 Å². The summed E-state index contributed by atoms with van der Waals surface area (Å²) in [7, 11) is 1.69. The van der Waals surface area contributed by atoms with Crippen LogP contribution in [0.3, 0.4) is 0 Å². The molecule has 0 radical (unpaired) electrons. The van der Waals surface area contributed by atoms with Gasteiger partial charge in [0.15, 0.2) is 0 Å². The number of alkyl carbamates (subject to hydrolysis) is 1. The first-order valence-corrected chi connectivity index (χ1v) is 9.78. The molecule has 0 aromatic rings. The Morgan fingerprint density at radius 2 is 2.12 bits per heavy atom. The van der Waals surface area contributed by atoms with Gasteiger partial charge in [-0.2, -0.15) is 0 Å². The third-order valence-electron chi connectivity index (χ3n) is 6.01. The van der Waals surface area contributed by atoms with E-state index in [0.29, 0.717) is 6.54 Å². The minimum absolute atomic E-state index is 0.0632. The van der Waals surface area contributed by atoms with Crippen LogP contribution in [-0.4, -0.2) is 55.9 Å². The number of carbonyl (C=O) groups is 1. The number of ether oxygens (including phenoxy) is 4. The lowest BCUT2D eigenvalue weighted by atomic mass is 9.68. The van der Waals surface area contributed by atoms with Gasteiger partial charge in [-0.05, 0) is 46.5 Å². The highest BCUT2D eigenvalue weighted by molar-refractivity contribution is 5.67. The van der Waals surface area contributed by atoms with Crippen molar-refractivity contribution >= 4 is 6.09 Å². The Labute approximate surface area is 156 Å². The van der Waals surface area contributed by atoms with Crippen molar-refractivity contribution in [2.75, 3.05) is 20.3 Å². The second kappa shape index (κ2) is 7.49.